The molecule has 0 radical (unpaired) electrons. The van der Waals surface area contributed by atoms with Crippen LogP contribution in [0.5, 0.6) is 0 Å². The maximum atomic E-state index is 3.67. The molecule has 0 amide bonds. The molecule has 17 heavy (non-hydrogen) atoms. The molecule has 1 aliphatic rings. The van der Waals surface area contributed by atoms with Crippen LogP contribution in [-0.4, -0.2) is 6.04 Å². The minimum atomic E-state index is 0.535. The molecule has 1 aromatic carbocycles. The van der Waals surface area contributed by atoms with Gasteiger partial charge in [-0.25, -0.2) is 0 Å². The predicted molar refractivity (Wildman–Crippen MR) is 78.4 cm³/mol. The zero-order valence-corrected chi connectivity index (χ0v) is 12.4. The molecule has 1 atom stereocenters. The molecule has 0 heterocycles. The Morgan fingerprint density at radius 2 is 2.06 bits per heavy atom. The van der Waals surface area contributed by atoms with Crippen LogP contribution in [0.1, 0.15) is 46.0 Å². The van der Waals surface area contributed by atoms with Crippen molar-refractivity contribution >= 4 is 21.6 Å². The van der Waals surface area contributed by atoms with Gasteiger partial charge in [-0.2, -0.15) is 0 Å². The second-order valence-electron chi connectivity index (χ2n) is 5.95. The summed E-state index contributed by atoms with van der Waals surface area (Å²) in [4.78, 5) is 0. The van der Waals surface area contributed by atoms with Gasteiger partial charge >= 0.3 is 0 Å². The summed E-state index contributed by atoms with van der Waals surface area (Å²) in [6.07, 6.45) is 6.64. The number of hydrogen-bond donors (Lipinski definition) is 1. The molecule has 1 saturated carbocycles. The van der Waals surface area contributed by atoms with Gasteiger partial charge in [0.1, 0.15) is 0 Å². The Bertz CT molecular complexity index is 373. The van der Waals surface area contributed by atoms with E-state index in [1.807, 2.05) is 0 Å². The fourth-order valence-electron chi connectivity index (χ4n) is 2.62. The number of anilines is 1. The predicted octanol–water partition coefficient (Wildman–Crippen LogP) is 5.22. The van der Waals surface area contributed by atoms with Crippen molar-refractivity contribution in [2.75, 3.05) is 5.32 Å². The lowest BCUT2D eigenvalue weighted by Crippen LogP contribution is -2.19. The van der Waals surface area contributed by atoms with Gasteiger partial charge in [0.05, 0.1) is 0 Å². The minimum Gasteiger partial charge on any atom is -0.382 e. The minimum absolute atomic E-state index is 0.535. The second kappa shape index (κ2) is 5.43. The van der Waals surface area contributed by atoms with Crippen LogP contribution in [0.3, 0.4) is 0 Å². The van der Waals surface area contributed by atoms with Crippen molar-refractivity contribution in [2.24, 2.45) is 5.41 Å². The number of rotatable bonds is 2. The smallest absolute Gasteiger partial charge is 0.0353 e. The van der Waals surface area contributed by atoms with E-state index in [0.717, 1.165) is 4.47 Å². The largest absolute Gasteiger partial charge is 0.382 e. The monoisotopic (exact) mass is 295 g/mol. The molecule has 1 aliphatic carbocycles. The SMILES string of the molecule is CC1(C)CCCC(Nc2cccc(Br)c2)CC1. The summed E-state index contributed by atoms with van der Waals surface area (Å²) in [6.45, 7) is 4.79. The first kappa shape index (κ1) is 12.9. The van der Waals surface area contributed by atoms with Gasteiger partial charge in [-0.05, 0) is 49.3 Å². The Morgan fingerprint density at radius 1 is 1.24 bits per heavy atom. The molecular weight excluding hydrogens is 274 g/mol. The van der Waals surface area contributed by atoms with E-state index in [4.69, 9.17) is 0 Å². The molecule has 1 fully saturated rings. The van der Waals surface area contributed by atoms with Crippen LogP contribution in [0.15, 0.2) is 28.7 Å². The zero-order chi connectivity index (χ0) is 12.3. The Labute approximate surface area is 113 Å². The molecule has 0 aliphatic heterocycles. The lowest BCUT2D eigenvalue weighted by molar-refractivity contribution is 0.313. The normalized spacial score (nSPS) is 24.1. The van der Waals surface area contributed by atoms with Crippen molar-refractivity contribution in [3.63, 3.8) is 0 Å². The van der Waals surface area contributed by atoms with Gasteiger partial charge in [-0.3, -0.25) is 0 Å². The Morgan fingerprint density at radius 3 is 2.82 bits per heavy atom. The van der Waals surface area contributed by atoms with E-state index in [1.165, 1.54) is 37.8 Å². The number of nitrogens with one attached hydrogen (secondary N) is 1. The summed E-state index contributed by atoms with van der Waals surface area (Å²) in [7, 11) is 0. The van der Waals surface area contributed by atoms with E-state index < -0.39 is 0 Å². The van der Waals surface area contributed by atoms with Crippen molar-refractivity contribution in [1.29, 1.82) is 0 Å². The van der Waals surface area contributed by atoms with Crippen molar-refractivity contribution in [2.45, 2.75) is 52.0 Å². The molecule has 1 unspecified atom stereocenters. The second-order valence-corrected chi connectivity index (χ2v) is 6.86. The first-order chi connectivity index (χ1) is 8.05. The molecule has 0 bridgehead atoms. The Kier molecular flexibility index (Phi) is 4.13. The van der Waals surface area contributed by atoms with E-state index in [2.05, 4.69) is 59.4 Å². The Balaban J connectivity index is 1.95. The molecule has 1 aromatic rings. The van der Waals surface area contributed by atoms with Gasteiger partial charge in [0.2, 0.25) is 0 Å². The Hall–Kier alpha value is -0.500. The van der Waals surface area contributed by atoms with Crippen molar-refractivity contribution in [1.82, 2.24) is 0 Å². The molecule has 1 N–H and O–H groups in total. The van der Waals surface area contributed by atoms with Crippen LogP contribution in [0.2, 0.25) is 0 Å². The van der Waals surface area contributed by atoms with Crippen LogP contribution < -0.4 is 5.32 Å². The highest BCUT2D eigenvalue weighted by Crippen LogP contribution is 2.34. The average molecular weight is 296 g/mol. The van der Waals surface area contributed by atoms with Crippen molar-refractivity contribution < 1.29 is 0 Å². The van der Waals surface area contributed by atoms with Crippen LogP contribution in [0.25, 0.3) is 0 Å². The van der Waals surface area contributed by atoms with Crippen LogP contribution in [0.4, 0.5) is 5.69 Å². The lowest BCUT2D eigenvalue weighted by Gasteiger charge is -2.22. The van der Waals surface area contributed by atoms with E-state index >= 15 is 0 Å². The fourth-order valence-corrected chi connectivity index (χ4v) is 3.02. The third-order valence-electron chi connectivity index (χ3n) is 3.77. The van der Waals surface area contributed by atoms with Crippen molar-refractivity contribution in [3.05, 3.63) is 28.7 Å². The zero-order valence-electron chi connectivity index (χ0n) is 10.8. The summed E-state index contributed by atoms with van der Waals surface area (Å²) in [5.41, 5.74) is 1.78. The van der Waals surface area contributed by atoms with E-state index in [1.54, 1.807) is 0 Å². The number of hydrogen-bond acceptors (Lipinski definition) is 1. The third-order valence-corrected chi connectivity index (χ3v) is 4.26. The summed E-state index contributed by atoms with van der Waals surface area (Å²) >= 11 is 3.52. The highest BCUT2D eigenvalue weighted by molar-refractivity contribution is 9.10. The first-order valence-electron chi connectivity index (χ1n) is 6.57. The standard InChI is InChI=1S/C15H22BrN/c1-15(2)9-4-7-13(8-10-15)17-14-6-3-5-12(16)11-14/h3,5-6,11,13,17H,4,7-10H2,1-2H3. The molecule has 1 nitrogen and oxygen atoms in total. The first-order valence-corrected chi connectivity index (χ1v) is 7.37. The van der Waals surface area contributed by atoms with E-state index in [0.29, 0.717) is 11.5 Å². The molecule has 0 spiro atoms. The summed E-state index contributed by atoms with van der Waals surface area (Å²) in [5.74, 6) is 0. The molecular formula is C15H22BrN. The third kappa shape index (κ3) is 4.02. The molecule has 94 valence electrons. The number of benzene rings is 1. The lowest BCUT2D eigenvalue weighted by atomic mass is 9.85. The van der Waals surface area contributed by atoms with E-state index in [-0.39, 0.29) is 0 Å². The van der Waals surface area contributed by atoms with Crippen molar-refractivity contribution in [3.8, 4) is 0 Å². The summed E-state index contributed by atoms with van der Waals surface area (Å²) in [6, 6.07) is 9.12. The average Bonchev–Trinajstić information content (AvgIpc) is 2.41. The van der Waals surface area contributed by atoms with Gasteiger partial charge in [-0.1, -0.05) is 42.3 Å². The molecule has 2 heteroatoms. The van der Waals surface area contributed by atoms with Gasteiger partial charge in [0.15, 0.2) is 0 Å². The molecule has 2 rings (SSSR count). The van der Waals surface area contributed by atoms with Crippen LogP contribution >= 0.6 is 15.9 Å². The van der Waals surface area contributed by atoms with Crippen LogP contribution in [0, 0.1) is 5.41 Å². The maximum Gasteiger partial charge on any atom is 0.0353 e. The molecule has 0 aromatic heterocycles. The summed E-state index contributed by atoms with van der Waals surface area (Å²) < 4.78 is 1.15. The van der Waals surface area contributed by atoms with Gasteiger partial charge in [0, 0.05) is 16.2 Å². The topological polar surface area (TPSA) is 12.0 Å². The number of halogens is 1. The molecule has 0 saturated heterocycles. The highest BCUT2D eigenvalue weighted by Gasteiger charge is 2.24. The fraction of sp³-hybridized carbons (Fsp3) is 0.600. The van der Waals surface area contributed by atoms with E-state index in [9.17, 15) is 0 Å². The highest BCUT2D eigenvalue weighted by atomic mass is 79.9. The van der Waals surface area contributed by atoms with Gasteiger partial charge < -0.3 is 5.32 Å². The van der Waals surface area contributed by atoms with Gasteiger partial charge in [0.25, 0.3) is 0 Å². The maximum absolute atomic E-state index is 3.67. The quantitative estimate of drug-likeness (QED) is 0.738. The summed E-state index contributed by atoms with van der Waals surface area (Å²) in [5, 5.41) is 3.67. The van der Waals surface area contributed by atoms with Gasteiger partial charge in [-0.15, -0.1) is 0 Å². The van der Waals surface area contributed by atoms with Crippen LogP contribution in [-0.2, 0) is 0 Å².